The minimum Gasteiger partial charge on any atom is -0.497 e. The first-order chi connectivity index (χ1) is 18.7. The number of ether oxygens (including phenoxy) is 1. The number of halogens is 1. The van der Waals surface area contributed by atoms with E-state index in [4.69, 9.17) is 4.74 Å². The van der Waals surface area contributed by atoms with Gasteiger partial charge in [-0.25, -0.2) is 8.42 Å². The quantitative estimate of drug-likeness (QED) is 0.273. The van der Waals surface area contributed by atoms with E-state index in [2.05, 4.69) is 21.2 Å². The van der Waals surface area contributed by atoms with E-state index >= 15 is 0 Å². The second-order valence-electron chi connectivity index (χ2n) is 8.99. The van der Waals surface area contributed by atoms with E-state index in [0.717, 1.165) is 27.2 Å². The van der Waals surface area contributed by atoms with E-state index in [1.165, 1.54) is 24.1 Å². The van der Waals surface area contributed by atoms with Gasteiger partial charge >= 0.3 is 0 Å². The van der Waals surface area contributed by atoms with Crippen LogP contribution >= 0.6 is 15.9 Å². The van der Waals surface area contributed by atoms with Crippen molar-refractivity contribution in [2.75, 3.05) is 24.5 Å². The Bertz CT molecular complexity index is 1350. The first-order valence-electron chi connectivity index (χ1n) is 12.7. The van der Waals surface area contributed by atoms with Crippen LogP contribution in [0.2, 0.25) is 0 Å². The van der Waals surface area contributed by atoms with E-state index in [1.807, 2.05) is 31.2 Å². The van der Waals surface area contributed by atoms with Crippen molar-refractivity contribution in [2.45, 2.75) is 44.2 Å². The third kappa shape index (κ3) is 8.06. The molecule has 0 aromatic heterocycles. The summed E-state index contributed by atoms with van der Waals surface area (Å²) in [5.41, 5.74) is 1.08. The van der Waals surface area contributed by atoms with Gasteiger partial charge in [-0.1, -0.05) is 65.7 Å². The number of amides is 2. The molecule has 1 atom stereocenters. The molecule has 1 unspecified atom stereocenters. The lowest BCUT2D eigenvalue weighted by atomic mass is 10.1. The molecule has 0 saturated carbocycles. The minimum absolute atomic E-state index is 0.0467. The Balaban J connectivity index is 2.00. The molecule has 208 valence electrons. The Labute approximate surface area is 239 Å². The molecule has 1 N–H and O–H groups in total. The van der Waals surface area contributed by atoms with E-state index in [-0.39, 0.29) is 23.0 Å². The predicted octanol–water partition coefficient (Wildman–Crippen LogP) is 4.99. The molecule has 3 aromatic rings. The number of nitrogens with zero attached hydrogens (tertiary/aromatic N) is 2. The zero-order valence-electron chi connectivity index (χ0n) is 22.3. The summed E-state index contributed by atoms with van der Waals surface area (Å²) >= 11 is 3.41. The third-order valence-corrected chi connectivity index (χ3v) is 8.53. The second kappa shape index (κ2) is 14.1. The van der Waals surface area contributed by atoms with Crippen LogP contribution in [0.25, 0.3) is 0 Å². The molecule has 0 spiro atoms. The number of benzene rings is 3. The highest BCUT2D eigenvalue weighted by Gasteiger charge is 2.32. The van der Waals surface area contributed by atoms with Crippen LogP contribution in [0, 0.1) is 0 Å². The number of sulfonamides is 1. The zero-order chi connectivity index (χ0) is 28.4. The molecule has 8 nitrogen and oxygen atoms in total. The molecule has 0 bridgehead atoms. The summed E-state index contributed by atoms with van der Waals surface area (Å²) in [5, 5.41) is 2.88. The lowest BCUT2D eigenvalue weighted by Crippen LogP contribution is -2.51. The Morgan fingerprint density at radius 2 is 1.69 bits per heavy atom. The summed E-state index contributed by atoms with van der Waals surface area (Å²) in [4.78, 5) is 28.4. The molecule has 0 fully saturated rings. The number of anilines is 1. The standard InChI is InChI=1S/C29H34BrN3O5S/c1-4-5-18-31-29(35)22(2)32(20-23-14-16-24(30)17-15-23)28(34)21-33(25-10-9-11-26(19-25)38-3)39(36,37)27-12-7-6-8-13-27/h6-17,19,22H,4-5,18,20-21H2,1-3H3,(H,31,35). The molecule has 0 aliphatic heterocycles. The minimum atomic E-state index is -4.13. The van der Waals surface area contributed by atoms with Crippen LogP contribution < -0.4 is 14.4 Å². The van der Waals surface area contributed by atoms with Gasteiger partial charge in [-0.2, -0.15) is 0 Å². The highest BCUT2D eigenvalue weighted by atomic mass is 79.9. The maximum Gasteiger partial charge on any atom is 0.264 e. The van der Waals surface area contributed by atoms with Gasteiger partial charge in [0.05, 0.1) is 17.7 Å². The van der Waals surface area contributed by atoms with Crippen molar-refractivity contribution in [3.8, 4) is 5.75 Å². The fourth-order valence-corrected chi connectivity index (χ4v) is 5.61. The van der Waals surface area contributed by atoms with Gasteiger partial charge in [0.2, 0.25) is 11.8 Å². The fourth-order valence-electron chi connectivity index (χ4n) is 3.92. The number of carbonyl (C=O) groups excluding carboxylic acids is 2. The van der Waals surface area contributed by atoms with Crippen molar-refractivity contribution in [3.05, 3.63) is 88.9 Å². The summed E-state index contributed by atoms with van der Waals surface area (Å²) in [5.74, 6) is -0.366. The molecular formula is C29H34BrN3O5S. The lowest BCUT2D eigenvalue weighted by molar-refractivity contribution is -0.139. The highest BCUT2D eigenvalue weighted by Crippen LogP contribution is 2.27. The number of carbonyl (C=O) groups is 2. The molecule has 3 aromatic carbocycles. The number of hydrogen-bond acceptors (Lipinski definition) is 5. The molecule has 0 aliphatic rings. The van der Waals surface area contributed by atoms with Gasteiger partial charge in [0.25, 0.3) is 10.0 Å². The van der Waals surface area contributed by atoms with Crippen LogP contribution in [0.4, 0.5) is 5.69 Å². The first-order valence-corrected chi connectivity index (χ1v) is 14.9. The SMILES string of the molecule is CCCCNC(=O)C(C)N(Cc1ccc(Br)cc1)C(=O)CN(c1cccc(OC)c1)S(=O)(=O)c1ccccc1. The molecular weight excluding hydrogens is 582 g/mol. The van der Waals surface area contributed by atoms with Crippen molar-refractivity contribution in [1.29, 1.82) is 0 Å². The summed E-state index contributed by atoms with van der Waals surface area (Å²) in [6.07, 6.45) is 1.74. The van der Waals surface area contributed by atoms with Gasteiger partial charge < -0.3 is 15.0 Å². The Kier molecular flexibility index (Phi) is 10.9. The van der Waals surface area contributed by atoms with Crippen molar-refractivity contribution in [1.82, 2.24) is 10.2 Å². The van der Waals surface area contributed by atoms with Crippen LogP contribution in [-0.2, 0) is 26.2 Å². The van der Waals surface area contributed by atoms with E-state index in [1.54, 1.807) is 49.4 Å². The van der Waals surface area contributed by atoms with Crippen LogP contribution in [0.15, 0.2) is 88.2 Å². The largest absolute Gasteiger partial charge is 0.497 e. The van der Waals surface area contributed by atoms with Gasteiger partial charge in [-0.3, -0.25) is 13.9 Å². The third-order valence-electron chi connectivity index (χ3n) is 6.21. The van der Waals surface area contributed by atoms with Gasteiger partial charge in [0.1, 0.15) is 18.3 Å². The van der Waals surface area contributed by atoms with Crippen LogP contribution in [0.5, 0.6) is 5.75 Å². The lowest BCUT2D eigenvalue weighted by Gasteiger charge is -2.32. The molecule has 2 amide bonds. The number of hydrogen-bond donors (Lipinski definition) is 1. The van der Waals surface area contributed by atoms with Gasteiger partial charge in [-0.05, 0) is 55.3 Å². The average molecular weight is 617 g/mol. The van der Waals surface area contributed by atoms with Gasteiger partial charge in [0.15, 0.2) is 0 Å². The summed E-state index contributed by atoms with van der Waals surface area (Å²) in [6, 6.07) is 21.1. The predicted molar refractivity (Wildman–Crippen MR) is 156 cm³/mol. The molecule has 39 heavy (non-hydrogen) atoms. The smallest absolute Gasteiger partial charge is 0.264 e. The van der Waals surface area contributed by atoms with Gasteiger partial charge in [0, 0.05) is 23.6 Å². The van der Waals surface area contributed by atoms with Crippen LogP contribution in [-0.4, -0.2) is 51.4 Å². The second-order valence-corrected chi connectivity index (χ2v) is 11.8. The van der Waals surface area contributed by atoms with Crippen LogP contribution in [0.1, 0.15) is 32.3 Å². The topological polar surface area (TPSA) is 96.0 Å². The summed E-state index contributed by atoms with van der Waals surface area (Å²) in [7, 11) is -2.64. The van der Waals surface area contributed by atoms with Crippen molar-refractivity contribution in [3.63, 3.8) is 0 Å². The molecule has 0 aliphatic carbocycles. The maximum absolute atomic E-state index is 13.9. The molecule has 0 saturated heterocycles. The zero-order valence-corrected chi connectivity index (χ0v) is 24.7. The summed E-state index contributed by atoms with van der Waals surface area (Å²) < 4.78 is 34.8. The molecule has 0 radical (unpaired) electrons. The highest BCUT2D eigenvalue weighted by molar-refractivity contribution is 9.10. The number of methoxy groups -OCH3 is 1. The number of nitrogens with one attached hydrogen (secondary N) is 1. The van der Waals surface area contributed by atoms with E-state index in [0.29, 0.717) is 12.3 Å². The van der Waals surface area contributed by atoms with E-state index in [9.17, 15) is 18.0 Å². The van der Waals surface area contributed by atoms with Crippen molar-refractivity contribution >= 4 is 43.5 Å². The molecule has 3 rings (SSSR count). The van der Waals surface area contributed by atoms with Gasteiger partial charge in [-0.15, -0.1) is 0 Å². The van der Waals surface area contributed by atoms with Crippen molar-refractivity contribution in [2.24, 2.45) is 0 Å². The Morgan fingerprint density at radius 3 is 2.33 bits per heavy atom. The first kappa shape index (κ1) is 30.2. The number of unbranched alkanes of at least 4 members (excludes halogenated alkanes) is 1. The molecule has 10 heteroatoms. The number of rotatable bonds is 13. The Hall–Kier alpha value is -3.37. The van der Waals surface area contributed by atoms with Crippen molar-refractivity contribution < 1.29 is 22.7 Å². The average Bonchev–Trinajstić information content (AvgIpc) is 2.95. The summed E-state index contributed by atoms with van der Waals surface area (Å²) in [6.45, 7) is 3.80. The monoisotopic (exact) mass is 615 g/mol. The van der Waals surface area contributed by atoms with Crippen LogP contribution in [0.3, 0.4) is 0 Å². The fraction of sp³-hybridized carbons (Fsp3) is 0.310. The van der Waals surface area contributed by atoms with E-state index < -0.39 is 28.5 Å². The molecule has 0 heterocycles. The maximum atomic E-state index is 13.9. The Morgan fingerprint density at radius 1 is 1.00 bits per heavy atom. The normalized spacial score (nSPS) is 11.9.